The van der Waals surface area contributed by atoms with Gasteiger partial charge in [0.15, 0.2) is 11.6 Å². The minimum atomic E-state index is -1.01. The van der Waals surface area contributed by atoms with Gasteiger partial charge in [0.2, 0.25) is 0 Å². The highest BCUT2D eigenvalue weighted by molar-refractivity contribution is 6.00. The molecule has 5 N–H and O–H groups in total. The number of hydrogen-bond donors (Lipinski definition) is 4. The molecular weight excluding hydrogens is 370 g/mol. The van der Waals surface area contributed by atoms with Crippen molar-refractivity contribution >= 4 is 23.2 Å². The minimum absolute atomic E-state index is 0.0905. The van der Waals surface area contributed by atoms with Crippen LogP contribution < -0.4 is 16.4 Å². The maximum atomic E-state index is 11.4. The molecule has 0 aliphatic rings. The third-order valence-corrected chi connectivity index (χ3v) is 4.30. The number of nitrogens with two attached hydrogens (primary N) is 1. The molecule has 2 aromatic carbocycles. The lowest BCUT2D eigenvalue weighted by Crippen LogP contribution is -2.15. The van der Waals surface area contributed by atoms with Crippen LogP contribution in [-0.4, -0.2) is 36.7 Å². The minimum Gasteiger partial charge on any atom is -0.478 e. The molecule has 0 spiro atoms. The van der Waals surface area contributed by atoms with Crippen LogP contribution in [0.3, 0.4) is 0 Å². The van der Waals surface area contributed by atoms with E-state index < -0.39 is 5.97 Å². The third kappa shape index (κ3) is 6.51. The van der Waals surface area contributed by atoms with E-state index in [1.165, 1.54) is 13.0 Å². The monoisotopic (exact) mass is 399 g/mol. The Bertz CT molecular complexity index is 875. The smallest absolute Gasteiger partial charge is 0.336 e. The second-order valence-electron chi connectivity index (χ2n) is 6.68. The first-order chi connectivity index (χ1) is 13.6. The molecule has 2 aromatic rings. The summed E-state index contributed by atoms with van der Waals surface area (Å²) in [6.07, 6.45) is 0. The standard InChI is InChI=1S/C11H16N2O.C11H13NO3/c1-7-4-10(12)5-9(6-13-3)11(7)8(2)14;1-7(13)8-4-3-5-9(11(14)15)10(8)6-12-2/h4-5,13H,6,12H2,1-3H3;3-5,12H,6H2,1-2H3,(H,14,15). The Hall–Kier alpha value is -3.03. The van der Waals surface area contributed by atoms with Gasteiger partial charge in [-0.05, 0) is 69.8 Å². The topological polar surface area (TPSA) is 122 Å². The second kappa shape index (κ2) is 11.1. The first kappa shape index (κ1) is 24.0. The Morgan fingerprint density at radius 1 is 0.966 bits per heavy atom. The van der Waals surface area contributed by atoms with Crippen LogP contribution >= 0.6 is 0 Å². The average molecular weight is 399 g/mol. The van der Waals surface area contributed by atoms with Gasteiger partial charge in [0, 0.05) is 29.9 Å². The summed E-state index contributed by atoms with van der Waals surface area (Å²) in [7, 11) is 3.56. The summed E-state index contributed by atoms with van der Waals surface area (Å²) in [4.78, 5) is 33.6. The molecule has 156 valence electrons. The molecular formula is C22H29N3O4. The number of aromatic carboxylic acids is 1. The number of nitrogen functional groups attached to an aromatic ring is 1. The normalized spacial score (nSPS) is 10.1. The predicted molar refractivity (Wildman–Crippen MR) is 115 cm³/mol. The number of aryl methyl sites for hydroxylation is 1. The summed E-state index contributed by atoms with van der Waals surface area (Å²) in [5, 5.41) is 14.8. The summed E-state index contributed by atoms with van der Waals surface area (Å²) in [5.74, 6) is -1.04. The molecule has 0 aliphatic heterocycles. The fraction of sp³-hybridized carbons (Fsp3) is 0.318. The Balaban J connectivity index is 0.000000291. The van der Waals surface area contributed by atoms with Gasteiger partial charge in [-0.15, -0.1) is 0 Å². The molecule has 0 fully saturated rings. The van der Waals surface area contributed by atoms with Gasteiger partial charge in [0.1, 0.15) is 0 Å². The van der Waals surface area contributed by atoms with E-state index in [0.29, 0.717) is 29.9 Å². The van der Waals surface area contributed by atoms with E-state index in [1.807, 2.05) is 26.1 Å². The van der Waals surface area contributed by atoms with E-state index in [0.717, 1.165) is 16.7 Å². The van der Waals surface area contributed by atoms with Gasteiger partial charge in [-0.2, -0.15) is 0 Å². The fourth-order valence-corrected chi connectivity index (χ4v) is 3.21. The van der Waals surface area contributed by atoms with Crippen LogP contribution in [0.2, 0.25) is 0 Å². The van der Waals surface area contributed by atoms with E-state index in [4.69, 9.17) is 10.8 Å². The van der Waals surface area contributed by atoms with E-state index in [1.54, 1.807) is 26.1 Å². The molecule has 0 atom stereocenters. The van der Waals surface area contributed by atoms with Gasteiger partial charge in [-0.25, -0.2) is 4.79 Å². The van der Waals surface area contributed by atoms with E-state index in [9.17, 15) is 14.4 Å². The molecule has 0 amide bonds. The molecule has 0 radical (unpaired) electrons. The van der Waals surface area contributed by atoms with Gasteiger partial charge in [-0.1, -0.05) is 12.1 Å². The summed E-state index contributed by atoms with van der Waals surface area (Å²) >= 11 is 0. The molecule has 29 heavy (non-hydrogen) atoms. The number of carboxylic acid groups (broad SMARTS) is 1. The number of carbonyl (C=O) groups excluding carboxylic acids is 2. The molecule has 0 heterocycles. The summed E-state index contributed by atoms with van der Waals surface area (Å²) in [6.45, 7) is 5.96. The van der Waals surface area contributed by atoms with Crippen LogP contribution in [0.1, 0.15) is 61.6 Å². The Morgan fingerprint density at radius 3 is 2.03 bits per heavy atom. The van der Waals surface area contributed by atoms with Crippen LogP contribution in [0.25, 0.3) is 0 Å². The van der Waals surface area contributed by atoms with Gasteiger partial charge in [0.25, 0.3) is 0 Å². The predicted octanol–water partition coefficient (Wildman–Crippen LogP) is 2.81. The van der Waals surface area contributed by atoms with Crippen LogP contribution in [0.15, 0.2) is 30.3 Å². The molecule has 7 nitrogen and oxygen atoms in total. The van der Waals surface area contributed by atoms with Crippen molar-refractivity contribution in [2.75, 3.05) is 19.8 Å². The average Bonchev–Trinajstić information content (AvgIpc) is 2.61. The fourth-order valence-electron chi connectivity index (χ4n) is 3.21. The summed E-state index contributed by atoms with van der Waals surface area (Å²) in [5.41, 5.74) is 10.3. The van der Waals surface area contributed by atoms with Crippen LogP contribution in [0.4, 0.5) is 5.69 Å². The first-order valence-electron chi connectivity index (χ1n) is 9.19. The molecule has 0 saturated carbocycles. The lowest BCUT2D eigenvalue weighted by molar-refractivity contribution is 0.0695. The van der Waals surface area contributed by atoms with Crippen molar-refractivity contribution in [1.29, 1.82) is 0 Å². The van der Waals surface area contributed by atoms with Crippen molar-refractivity contribution in [2.24, 2.45) is 0 Å². The zero-order valence-electron chi connectivity index (χ0n) is 17.6. The maximum absolute atomic E-state index is 11.4. The van der Waals surface area contributed by atoms with Crippen LogP contribution in [-0.2, 0) is 13.1 Å². The van der Waals surface area contributed by atoms with Gasteiger partial charge < -0.3 is 21.5 Å². The molecule has 0 saturated heterocycles. The number of hydrogen-bond acceptors (Lipinski definition) is 6. The van der Waals surface area contributed by atoms with Crippen molar-refractivity contribution in [3.05, 3.63) is 63.7 Å². The molecule has 2 rings (SSSR count). The lowest BCUT2D eigenvalue weighted by atomic mass is 9.98. The van der Waals surface area contributed by atoms with Crippen LogP contribution in [0.5, 0.6) is 0 Å². The van der Waals surface area contributed by atoms with E-state index in [-0.39, 0.29) is 17.1 Å². The zero-order chi connectivity index (χ0) is 22.1. The third-order valence-electron chi connectivity index (χ3n) is 4.30. The first-order valence-corrected chi connectivity index (χ1v) is 9.19. The van der Waals surface area contributed by atoms with Crippen molar-refractivity contribution in [3.8, 4) is 0 Å². The maximum Gasteiger partial charge on any atom is 0.336 e. The number of benzene rings is 2. The molecule has 0 bridgehead atoms. The molecule has 0 aromatic heterocycles. The number of nitrogens with one attached hydrogen (secondary N) is 2. The number of Topliss-reactive ketones (excluding diaryl/α,β-unsaturated/α-hetero) is 2. The highest BCUT2D eigenvalue weighted by Gasteiger charge is 2.15. The highest BCUT2D eigenvalue weighted by atomic mass is 16.4. The largest absolute Gasteiger partial charge is 0.478 e. The number of anilines is 1. The van der Waals surface area contributed by atoms with E-state index in [2.05, 4.69) is 10.6 Å². The molecule has 0 unspecified atom stereocenters. The van der Waals surface area contributed by atoms with Gasteiger partial charge in [-0.3, -0.25) is 9.59 Å². The Kier molecular flexibility index (Phi) is 9.18. The van der Waals surface area contributed by atoms with E-state index >= 15 is 0 Å². The van der Waals surface area contributed by atoms with Crippen molar-refractivity contribution in [1.82, 2.24) is 10.6 Å². The summed E-state index contributed by atoms with van der Waals surface area (Å²) in [6, 6.07) is 8.40. The van der Waals surface area contributed by atoms with Gasteiger partial charge >= 0.3 is 5.97 Å². The van der Waals surface area contributed by atoms with Crippen molar-refractivity contribution < 1.29 is 19.5 Å². The van der Waals surface area contributed by atoms with Crippen molar-refractivity contribution in [3.63, 3.8) is 0 Å². The number of carboxylic acids is 1. The Morgan fingerprint density at radius 2 is 1.55 bits per heavy atom. The lowest BCUT2D eigenvalue weighted by Gasteiger charge is -2.10. The highest BCUT2D eigenvalue weighted by Crippen LogP contribution is 2.19. The zero-order valence-corrected chi connectivity index (χ0v) is 17.6. The summed E-state index contributed by atoms with van der Waals surface area (Å²) < 4.78 is 0. The Labute approximate surface area is 171 Å². The molecule has 7 heteroatoms. The van der Waals surface area contributed by atoms with Gasteiger partial charge in [0.05, 0.1) is 5.56 Å². The SMILES string of the molecule is CNCc1c(C(C)=O)cccc1C(=O)O.CNCc1cc(N)cc(C)c1C(C)=O. The van der Waals surface area contributed by atoms with Crippen molar-refractivity contribution in [2.45, 2.75) is 33.9 Å². The second-order valence-corrected chi connectivity index (χ2v) is 6.68. The number of rotatable bonds is 7. The number of carbonyl (C=O) groups is 3. The van der Waals surface area contributed by atoms with Crippen LogP contribution in [0, 0.1) is 6.92 Å². The number of ketones is 2. The quantitative estimate of drug-likeness (QED) is 0.417. The molecule has 0 aliphatic carbocycles.